The van der Waals surface area contributed by atoms with E-state index >= 15 is 8.78 Å². The Labute approximate surface area is 262 Å². The Kier molecular flexibility index (Phi) is 6.91. The second kappa shape index (κ2) is 10.8. The molecule has 1 aromatic carbocycles. The number of carbonyl (C=O) groups is 2. The van der Waals surface area contributed by atoms with Crippen molar-refractivity contribution in [1.29, 1.82) is 0 Å². The number of rotatable bonds is 5. The number of halogens is 2. The second-order valence-electron chi connectivity index (χ2n) is 12.9. The minimum Gasteiger partial charge on any atom is -0.465 e. The van der Waals surface area contributed by atoms with Crippen molar-refractivity contribution < 1.29 is 36.3 Å². The number of imidazole rings is 1. The summed E-state index contributed by atoms with van der Waals surface area (Å²) >= 11 is 0. The molecule has 3 fully saturated rings. The fourth-order valence-electron chi connectivity index (χ4n) is 7.25. The Balaban J connectivity index is 0.894. The van der Waals surface area contributed by atoms with E-state index < -0.39 is 33.2 Å². The molecular weight excluding hydrogens is 626 g/mol. The van der Waals surface area contributed by atoms with E-state index in [0.29, 0.717) is 88.4 Å². The smallest absolute Gasteiger partial charge is 0.416 e. The quantitative estimate of drug-likeness (QED) is 0.408. The molecule has 3 saturated heterocycles. The van der Waals surface area contributed by atoms with Gasteiger partial charge in [0.2, 0.25) is 0 Å². The van der Waals surface area contributed by atoms with Crippen LogP contribution in [-0.2, 0) is 38.8 Å². The van der Waals surface area contributed by atoms with Crippen LogP contribution in [0, 0.1) is 17.6 Å². The standard InChI is InChI=1S/C29H32F2N8O6S/c30-22-17-9-16(10-18(17)23(31)25-24(22)33-19(34-25)13-38-5-7-46(42,43)8-6-38)12-37-3-1-29(2-4-37)15-39(28(41)45-29)20-11-32-27-26(35-20)36-21(40)14-44-27/h11,16H,1-10,12-15H2,(H,33,34)(H,35,36,40). The second-order valence-corrected chi connectivity index (χ2v) is 15.2. The predicted molar refractivity (Wildman–Crippen MR) is 159 cm³/mol. The largest absolute Gasteiger partial charge is 0.465 e. The van der Waals surface area contributed by atoms with Gasteiger partial charge in [0, 0.05) is 45.6 Å². The summed E-state index contributed by atoms with van der Waals surface area (Å²) in [6.45, 7) is 3.14. The number of sulfone groups is 1. The van der Waals surface area contributed by atoms with Crippen molar-refractivity contribution in [2.45, 2.75) is 37.8 Å². The molecule has 46 heavy (non-hydrogen) atoms. The minimum absolute atomic E-state index is 0.0115. The maximum absolute atomic E-state index is 15.7. The van der Waals surface area contributed by atoms with Crippen LogP contribution in [0.25, 0.3) is 11.0 Å². The van der Waals surface area contributed by atoms with Crippen molar-refractivity contribution in [3.05, 3.63) is 34.8 Å². The molecule has 244 valence electrons. The molecule has 0 bridgehead atoms. The van der Waals surface area contributed by atoms with E-state index in [-0.39, 0.29) is 58.5 Å². The number of hydrogen-bond acceptors (Lipinski definition) is 11. The van der Waals surface area contributed by atoms with E-state index in [0.717, 1.165) is 0 Å². The van der Waals surface area contributed by atoms with Gasteiger partial charge in [-0.2, -0.15) is 0 Å². The molecule has 1 atom stereocenters. The van der Waals surface area contributed by atoms with Gasteiger partial charge in [0.05, 0.1) is 30.8 Å². The monoisotopic (exact) mass is 658 g/mol. The Morgan fingerprint density at radius 3 is 2.50 bits per heavy atom. The molecule has 2 amide bonds. The third-order valence-electron chi connectivity index (χ3n) is 9.73. The third-order valence-corrected chi connectivity index (χ3v) is 11.3. The van der Waals surface area contributed by atoms with E-state index in [4.69, 9.17) is 9.47 Å². The van der Waals surface area contributed by atoms with Gasteiger partial charge >= 0.3 is 6.09 Å². The number of amides is 2. The molecule has 2 aromatic heterocycles. The summed E-state index contributed by atoms with van der Waals surface area (Å²) in [5.74, 6) is -0.122. The molecular formula is C29H32F2N8O6S. The van der Waals surface area contributed by atoms with Crippen molar-refractivity contribution in [2.75, 3.05) is 67.6 Å². The number of anilines is 2. The van der Waals surface area contributed by atoms with Crippen molar-refractivity contribution in [3.63, 3.8) is 0 Å². The molecule has 1 spiro atoms. The van der Waals surface area contributed by atoms with Crippen LogP contribution in [0.4, 0.5) is 25.2 Å². The zero-order valence-electron chi connectivity index (χ0n) is 24.9. The Bertz CT molecular complexity index is 1820. The zero-order valence-corrected chi connectivity index (χ0v) is 25.7. The molecule has 2 N–H and O–H groups in total. The Morgan fingerprint density at radius 1 is 1.00 bits per heavy atom. The van der Waals surface area contributed by atoms with E-state index in [1.165, 1.54) is 11.1 Å². The van der Waals surface area contributed by atoms with Gasteiger partial charge < -0.3 is 24.7 Å². The maximum atomic E-state index is 15.7. The highest BCUT2D eigenvalue weighted by Gasteiger charge is 2.48. The van der Waals surface area contributed by atoms with E-state index in [1.54, 1.807) is 0 Å². The van der Waals surface area contributed by atoms with Gasteiger partial charge in [0.25, 0.3) is 11.8 Å². The molecule has 5 aliphatic rings. The topological polar surface area (TPSA) is 163 Å². The maximum Gasteiger partial charge on any atom is 0.416 e. The van der Waals surface area contributed by atoms with Crippen LogP contribution in [0.1, 0.15) is 29.8 Å². The first kappa shape index (κ1) is 29.4. The summed E-state index contributed by atoms with van der Waals surface area (Å²) in [4.78, 5) is 46.0. The lowest BCUT2D eigenvalue weighted by Crippen LogP contribution is -2.48. The van der Waals surface area contributed by atoms with Gasteiger partial charge in [-0.1, -0.05) is 0 Å². The first-order valence-electron chi connectivity index (χ1n) is 15.4. The summed E-state index contributed by atoms with van der Waals surface area (Å²) in [6, 6.07) is 0. The number of aromatic amines is 1. The van der Waals surface area contributed by atoms with Crippen LogP contribution in [0.15, 0.2) is 6.20 Å². The molecule has 6 heterocycles. The van der Waals surface area contributed by atoms with Gasteiger partial charge in [0.15, 0.2) is 39.7 Å². The number of nitrogens with one attached hydrogen (secondary N) is 2. The van der Waals surface area contributed by atoms with Gasteiger partial charge in [-0.3, -0.25) is 14.6 Å². The van der Waals surface area contributed by atoms with Gasteiger partial charge in [-0.25, -0.2) is 36.9 Å². The van der Waals surface area contributed by atoms with Crippen LogP contribution < -0.4 is 15.0 Å². The highest BCUT2D eigenvalue weighted by molar-refractivity contribution is 7.91. The van der Waals surface area contributed by atoms with Gasteiger partial charge in [0.1, 0.15) is 22.5 Å². The van der Waals surface area contributed by atoms with Gasteiger partial charge in [-0.15, -0.1) is 0 Å². The van der Waals surface area contributed by atoms with Crippen LogP contribution in [0.5, 0.6) is 5.88 Å². The highest BCUT2D eigenvalue weighted by atomic mass is 32.2. The first-order valence-corrected chi connectivity index (χ1v) is 17.2. The number of hydrogen-bond donors (Lipinski definition) is 2. The number of fused-ring (bicyclic) bond motifs is 3. The lowest BCUT2D eigenvalue weighted by molar-refractivity contribution is -0.118. The van der Waals surface area contributed by atoms with E-state index in [9.17, 15) is 18.0 Å². The number of ether oxygens (including phenoxy) is 2. The molecule has 4 aliphatic heterocycles. The van der Waals surface area contributed by atoms with Crippen LogP contribution in [0.3, 0.4) is 0 Å². The summed E-state index contributed by atoms with van der Waals surface area (Å²) in [6.07, 6.45) is 2.89. The molecule has 14 nitrogen and oxygen atoms in total. The van der Waals surface area contributed by atoms with E-state index in [1.807, 2.05) is 4.90 Å². The first-order chi connectivity index (χ1) is 22.0. The Morgan fingerprint density at radius 2 is 1.74 bits per heavy atom. The molecule has 3 aromatic rings. The van der Waals surface area contributed by atoms with Crippen LogP contribution in [0.2, 0.25) is 0 Å². The average Bonchev–Trinajstić information content (AvgIpc) is 3.74. The molecule has 0 radical (unpaired) electrons. The van der Waals surface area contributed by atoms with Crippen molar-refractivity contribution in [2.24, 2.45) is 5.92 Å². The average molecular weight is 659 g/mol. The fraction of sp³-hybridized carbons (Fsp3) is 0.552. The van der Waals surface area contributed by atoms with Crippen molar-refractivity contribution in [3.8, 4) is 5.88 Å². The summed E-state index contributed by atoms with van der Waals surface area (Å²) < 4.78 is 65.9. The van der Waals surface area contributed by atoms with Gasteiger partial charge in [-0.05, 0) is 29.9 Å². The zero-order chi connectivity index (χ0) is 31.8. The molecule has 0 saturated carbocycles. The summed E-state index contributed by atoms with van der Waals surface area (Å²) in [7, 11) is -3.03. The SMILES string of the molecule is O=C1COc2ncc(N3CC4(CCN(CC5Cc6c(c(F)c7[nH]c(CN8CCS(=O)(=O)CC8)nc7c6F)C5)CC4)OC3=O)nc2N1. The number of nitrogens with zero attached hydrogens (tertiary/aromatic N) is 6. The Hall–Kier alpha value is -3.96. The van der Waals surface area contributed by atoms with E-state index in [2.05, 4.69) is 30.2 Å². The predicted octanol–water partition coefficient (Wildman–Crippen LogP) is 1.40. The summed E-state index contributed by atoms with van der Waals surface area (Å²) in [5.41, 5.74) is 0.117. The minimum atomic E-state index is -3.03. The number of benzene rings is 1. The summed E-state index contributed by atoms with van der Waals surface area (Å²) in [5, 5.41) is 2.60. The van der Waals surface area contributed by atoms with Crippen LogP contribution in [-0.4, -0.2) is 113 Å². The number of carbonyl (C=O) groups excluding carboxylic acids is 2. The molecule has 1 unspecified atom stereocenters. The highest BCUT2D eigenvalue weighted by Crippen LogP contribution is 2.39. The fourth-order valence-corrected chi connectivity index (χ4v) is 8.53. The molecule has 8 rings (SSSR count). The van der Waals surface area contributed by atoms with Crippen molar-refractivity contribution >= 4 is 44.5 Å². The number of piperidine rings is 1. The molecule has 1 aliphatic carbocycles. The number of aromatic nitrogens is 4. The lowest BCUT2D eigenvalue weighted by Gasteiger charge is -2.38. The number of H-pyrrole nitrogens is 1. The number of likely N-dealkylation sites (tertiary alicyclic amines) is 1. The normalized spacial score (nSPS) is 23.0. The lowest BCUT2D eigenvalue weighted by atomic mass is 9.90. The molecule has 17 heteroatoms. The van der Waals surface area contributed by atoms with Crippen molar-refractivity contribution in [1.82, 2.24) is 29.7 Å². The van der Waals surface area contributed by atoms with Crippen LogP contribution >= 0.6 is 0 Å². The third kappa shape index (κ3) is 5.23.